The van der Waals surface area contributed by atoms with Gasteiger partial charge in [0.15, 0.2) is 0 Å². The Morgan fingerprint density at radius 1 is 1.05 bits per heavy atom. The van der Waals surface area contributed by atoms with E-state index >= 15 is 0 Å². The molecule has 0 saturated carbocycles. The zero-order chi connectivity index (χ0) is 15.1. The standard InChI is InChI=1S/C18H20BrClO/c1-2-3-12-21-17-10-6-15(7-11-17)18(20)13-14-4-8-16(19)9-5-14/h4-11,18H,2-3,12-13H2,1H3. The van der Waals surface area contributed by atoms with E-state index in [-0.39, 0.29) is 5.38 Å². The molecule has 3 heteroatoms. The lowest BCUT2D eigenvalue weighted by Gasteiger charge is -2.11. The molecule has 0 heterocycles. The smallest absolute Gasteiger partial charge is 0.119 e. The highest BCUT2D eigenvalue weighted by molar-refractivity contribution is 9.10. The fourth-order valence-electron chi connectivity index (χ4n) is 2.05. The van der Waals surface area contributed by atoms with E-state index in [4.69, 9.17) is 16.3 Å². The third-order valence-corrected chi connectivity index (χ3v) is 4.27. The number of rotatable bonds is 7. The maximum atomic E-state index is 6.51. The summed E-state index contributed by atoms with van der Waals surface area (Å²) in [7, 11) is 0. The predicted molar refractivity (Wildman–Crippen MR) is 93.3 cm³/mol. The van der Waals surface area contributed by atoms with Crippen molar-refractivity contribution in [2.45, 2.75) is 31.6 Å². The number of hydrogen-bond donors (Lipinski definition) is 0. The molecule has 1 nitrogen and oxygen atoms in total. The fraction of sp³-hybridized carbons (Fsp3) is 0.333. The molecule has 1 unspecified atom stereocenters. The molecule has 0 aliphatic rings. The van der Waals surface area contributed by atoms with Crippen LogP contribution >= 0.6 is 27.5 Å². The Labute approximate surface area is 140 Å². The van der Waals surface area contributed by atoms with Gasteiger partial charge in [0.2, 0.25) is 0 Å². The summed E-state index contributed by atoms with van der Waals surface area (Å²) in [6.45, 7) is 2.94. The van der Waals surface area contributed by atoms with Crippen LogP contribution in [0, 0.1) is 0 Å². The molecule has 0 N–H and O–H groups in total. The summed E-state index contributed by atoms with van der Waals surface area (Å²) >= 11 is 9.95. The van der Waals surface area contributed by atoms with E-state index in [1.165, 1.54) is 5.56 Å². The van der Waals surface area contributed by atoms with Crippen molar-refractivity contribution in [2.75, 3.05) is 6.61 Å². The second-order valence-corrected chi connectivity index (χ2v) is 6.51. The van der Waals surface area contributed by atoms with Crippen LogP contribution in [0.3, 0.4) is 0 Å². The average Bonchev–Trinajstić information content (AvgIpc) is 2.50. The number of halogens is 2. The number of hydrogen-bond acceptors (Lipinski definition) is 1. The molecule has 0 bridgehead atoms. The number of ether oxygens (including phenoxy) is 1. The highest BCUT2D eigenvalue weighted by atomic mass is 79.9. The minimum atomic E-state index is -0.0177. The average molecular weight is 368 g/mol. The molecule has 2 rings (SSSR count). The summed E-state index contributed by atoms with van der Waals surface area (Å²) in [5.74, 6) is 0.916. The topological polar surface area (TPSA) is 9.23 Å². The van der Waals surface area contributed by atoms with Crippen LogP contribution in [-0.4, -0.2) is 6.61 Å². The summed E-state index contributed by atoms with van der Waals surface area (Å²) in [6.07, 6.45) is 3.06. The van der Waals surface area contributed by atoms with E-state index < -0.39 is 0 Å². The molecule has 0 aliphatic carbocycles. The Bertz CT molecular complexity index is 536. The Morgan fingerprint density at radius 3 is 2.33 bits per heavy atom. The zero-order valence-electron chi connectivity index (χ0n) is 12.2. The first kappa shape index (κ1) is 16.4. The van der Waals surface area contributed by atoms with E-state index in [0.717, 1.165) is 41.7 Å². The molecule has 21 heavy (non-hydrogen) atoms. The second-order valence-electron chi connectivity index (χ2n) is 5.07. The van der Waals surface area contributed by atoms with Crippen molar-refractivity contribution in [1.29, 1.82) is 0 Å². The molecule has 1 atom stereocenters. The summed E-state index contributed by atoms with van der Waals surface area (Å²) in [5.41, 5.74) is 2.36. The van der Waals surface area contributed by atoms with E-state index in [1.54, 1.807) is 0 Å². The molecule has 0 fully saturated rings. The lowest BCUT2D eigenvalue weighted by Crippen LogP contribution is -1.98. The summed E-state index contributed by atoms with van der Waals surface area (Å²) in [6, 6.07) is 16.4. The first-order chi connectivity index (χ1) is 10.2. The molecule has 0 aromatic heterocycles. The van der Waals surface area contributed by atoms with Crippen LogP contribution in [0.25, 0.3) is 0 Å². The molecular formula is C18H20BrClO. The van der Waals surface area contributed by atoms with E-state index in [1.807, 2.05) is 24.3 Å². The highest BCUT2D eigenvalue weighted by Crippen LogP contribution is 2.27. The number of unbranched alkanes of at least 4 members (excludes halogenated alkanes) is 1. The first-order valence-electron chi connectivity index (χ1n) is 7.30. The van der Waals surface area contributed by atoms with Gasteiger partial charge >= 0.3 is 0 Å². The second kappa shape index (κ2) is 8.45. The van der Waals surface area contributed by atoms with Gasteiger partial charge in [-0.05, 0) is 48.2 Å². The van der Waals surface area contributed by atoms with Gasteiger partial charge in [-0.1, -0.05) is 53.5 Å². The van der Waals surface area contributed by atoms with Crippen LogP contribution in [0.2, 0.25) is 0 Å². The van der Waals surface area contributed by atoms with Gasteiger partial charge in [0.25, 0.3) is 0 Å². The zero-order valence-corrected chi connectivity index (χ0v) is 14.5. The van der Waals surface area contributed by atoms with Gasteiger partial charge in [0.1, 0.15) is 5.75 Å². The van der Waals surface area contributed by atoms with Gasteiger partial charge in [-0.15, -0.1) is 11.6 Å². The van der Waals surface area contributed by atoms with Crippen LogP contribution in [0.1, 0.15) is 36.3 Å². The predicted octanol–water partition coefficient (Wildman–Crippen LogP) is 6.15. The van der Waals surface area contributed by atoms with Gasteiger partial charge in [-0.25, -0.2) is 0 Å². The molecule has 0 saturated heterocycles. The minimum Gasteiger partial charge on any atom is -0.494 e. The number of benzene rings is 2. The van der Waals surface area contributed by atoms with Gasteiger partial charge in [0, 0.05) is 4.47 Å². The van der Waals surface area contributed by atoms with Gasteiger partial charge in [-0.3, -0.25) is 0 Å². The minimum absolute atomic E-state index is 0.0177. The highest BCUT2D eigenvalue weighted by Gasteiger charge is 2.09. The molecule has 0 aliphatic heterocycles. The van der Waals surface area contributed by atoms with Crippen LogP contribution in [-0.2, 0) is 6.42 Å². The van der Waals surface area contributed by atoms with Crippen molar-refractivity contribution < 1.29 is 4.74 Å². The molecular weight excluding hydrogens is 348 g/mol. The van der Waals surface area contributed by atoms with Crippen molar-refractivity contribution in [2.24, 2.45) is 0 Å². The largest absolute Gasteiger partial charge is 0.494 e. The summed E-state index contributed by atoms with van der Waals surface area (Å²) < 4.78 is 6.75. The Hall–Kier alpha value is -0.990. The van der Waals surface area contributed by atoms with Crippen molar-refractivity contribution >= 4 is 27.5 Å². The maximum Gasteiger partial charge on any atom is 0.119 e. The van der Waals surface area contributed by atoms with Crippen molar-refractivity contribution in [3.63, 3.8) is 0 Å². The lowest BCUT2D eigenvalue weighted by molar-refractivity contribution is 0.309. The molecule has 112 valence electrons. The van der Waals surface area contributed by atoms with Crippen molar-refractivity contribution in [3.05, 3.63) is 64.1 Å². The monoisotopic (exact) mass is 366 g/mol. The number of alkyl halides is 1. The Morgan fingerprint density at radius 2 is 1.71 bits per heavy atom. The molecule has 0 amide bonds. The van der Waals surface area contributed by atoms with Gasteiger partial charge < -0.3 is 4.74 Å². The molecule has 2 aromatic carbocycles. The SMILES string of the molecule is CCCCOc1ccc(C(Cl)Cc2ccc(Br)cc2)cc1. The normalized spacial score (nSPS) is 12.1. The third kappa shape index (κ3) is 5.37. The molecule has 2 aromatic rings. The van der Waals surface area contributed by atoms with Crippen LogP contribution in [0.5, 0.6) is 5.75 Å². The van der Waals surface area contributed by atoms with E-state index in [0.29, 0.717) is 0 Å². The van der Waals surface area contributed by atoms with Crippen molar-refractivity contribution in [3.8, 4) is 5.75 Å². The quantitative estimate of drug-likeness (QED) is 0.421. The van der Waals surface area contributed by atoms with Gasteiger partial charge in [0.05, 0.1) is 12.0 Å². The summed E-state index contributed by atoms with van der Waals surface area (Å²) in [4.78, 5) is 0. The molecule has 0 radical (unpaired) electrons. The molecule has 0 spiro atoms. The van der Waals surface area contributed by atoms with Crippen LogP contribution in [0.15, 0.2) is 53.0 Å². The summed E-state index contributed by atoms with van der Waals surface area (Å²) in [5, 5.41) is -0.0177. The van der Waals surface area contributed by atoms with Crippen LogP contribution < -0.4 is 4.74 Å². The van der Waals surface area contributed by atoms with E-state index in [2.05, 4.69) is 47.1 Å². The van der Waals surface area contributed by atoms with Gasteiger partial charge in [-0.2, -0.15) is 0 Å². The Balaban J connectivity index is 1.93. The maximum absolute atomic E-state index is 6.51. The fourth-order valence-corrected chi connectivity index (χ4v) is 2.64. The Kier molecular flexibility index (Phi) is 6.59. The lowest BCUT2D eigenvalue weighted by atomic mass is 10.0. The van der Waals surface area contributed by atoms with Crippen molar-refractivity contribution in [1.82, 2.24) is 0 Å². The third-order valence-electron chi connectivity index (χ3n) is 3.34. The first-order valence-corrected chi connectivity index (χ1v) is 8.53. The van der Waals surface area contributed by atoms with Crippen LogP contribution in [0.4, 0.5) is 0 Å². The van der Waals surface area contributed by atoms with E-state index in [9.17, 15) is 0 Å².